The van der Waals surface area contributed by atoms with Crippen LogP contribution in [0.15, 0.2) is 24.3 Å². The first-order chi connectivity index (χ1) is 11.5. The lowest BCUT2D eigenvalue weighted by atomic mass is 9.64. The molecular weight excluding hydrogens is 300 g/mol. The SMILES string of the molecule is CN(C)CC1(c2ccc(N3C[C@@H]4[C@H](N)CCN4C3=O)cc2)CCC1. The number of amides is 2. The average molecular weight is 328 g/mol. The molecule has 1 aromatic rings. The summed E-state index contributed by atoms with van der Waals surface area (Å²) in [6, 6.07) is 9.13. The van der Waals surface area contributed by atoms with Gasteiger partial charge in [0.1, 0.15) is 0 Å². The maximum Gasteiger partial charge on any atom is 0.324 e. The van der Waals surface area contributed by atoms with Crippen molar-refractivity contribution in [1.29, 1.82) is 0 Å². The molecule has 2 heterocycles. The maximum atomic E-state index is 12.6. The highest BCUT2D eigenvalue weighted by atomic mass is 16.2. The van der Waals surface area contributed by atoms with Gasteiger partial charge in [0.25, 0.3) is 0 Å². The van der Waals surface area contributed by atoms with E-state index in [1.807, 2.05) is 9.80 Å². The van der Waals surface area contributed by atoms with Crippen molar-refractivity contribution in [2.24, 2.45) is 5.73 Å². The summed E-state index contributed by atoms with van der Waals surface area (Å²) in [7, 11) is 4.29. The third-order valence-corrected chi connectivity index (χ3v) is 6.17. The van der Waals surface area contributed by atoms with Crippen LogP contribution in [0.4, 0.5) is 10.5 Å². The zero-order valence-electron chi connectivity index (χ0n) is 14.7. The van der Waals surface area contributed by atoms with Gasteiger partial charge in [-0.05, 0) is 51.1 Å². The fraction of sp³-hybridized carbons (Fsp3) is 0.632. The first-order valence-corrected chi connectivity index (χ1v) is 9.09. The van der Waals surface area contributed by atoms with Crippen LogP contribution in [0.3, 0.4) is 0 Å². The van der Waals surface area contributed by atoms with Crippen LogP contribution in [-0.4, -0.2) is 61.6 Å². The minimum atomic E-state index is 0.118. The second kappa shape index (κ2) is 5.74. The summed E-state index contributed by atoms with van der Waals surface area (Å²) in [6.07, 6.45) is 4.76. The predicted molar refractivity (Wildman–Crippen MR) is 96.4 cm³/mol. The Morgan fingerprint density at radius 1 is 1.25 bits per heavy atom. The summed E-state index contributed by atoms with van der Waals surface area (Å²) in [5.41, 5.74) is 8.87. The van der Waals surface area contributed by atoms with Crippen LogP contribution in [0.2, 0.25) is 0 Å². The zero-order chi connectivity index (χ0) is 16.9. The van der Waals surface area contributed by atoms with Crippen molar-refractivity contribution in [3.63, 3.8) is 0 Å². The van der Waals surface area contributed by atoms with Gasteiger partial charge in [0.15, 0.2) is 0 Å². The summed E-state index contributed by atoms with van der Waals surface area (Å²) in [6.45, 7) is 2.62. The van der Waals surface area contributed by atoms with E-state index in [2.05, 4.69) is 43.3 Å². The highest BCUT2D eigenvalue weighted by Crippen LogP contribution is 2.44. The number of fused-ring (bicyclic) bond motifs is 1. The fourth-order valence-corrected chi connectivity index (χ4v) is 4.73. The summed E-state index contributed by atoms with van der Waals surface area (Å²) in [5.74, 6) is 0. The molecule has 2 N–H and O–H groups in total. The van der Waals surface area contributed by atoms with E-state index in [-0.39, 0.29) is 18.1 Å². The van der Waals surface area contributed by atoms with Crippen molar-refractivity contribution in [3.05, 3.63) is 29.8 Å². The van der Waals surface area contributed by atoms with E-state index >= 15 is 0 Å². The van der Waals surface area contributed by atoms with Crippen LogP contribution in [0.1, 0.15) is 31.2 Å². The molecule has 3 fully saturated rings. The van der Waals surface area contributed by atoms with Gasteiger partial charge >= 0.3 is 6.03 Å². The van der Waals surface area contributed by atoms with E-state index in [1.54, 1.807) is 0 Å². The molecule has 5 nitrogen and oxygen atoms in total. The number of rotatable bonds is 4. The molecule has 5 heteroatoms. The Morgan fingerprint density at radius 2 is 1.96 bits per heavy atom. The third kappa shape index (κ3) is 2.42. The normalized spacial score (nSPS) is 28.4. The minimum Gasteiger partial charge on any atom is -0.326 e. The Bertz CT molecular complexity index is 623. The van der Waals surface area contributed by atoms with Crippen LogP contribution in [0.25, 0.3) is 0 Å². The Kier molecular flexibility index (Phi) is 3.81. The quantitative estimate of drug-likeness (QED) is 0.920. The number of benzene rings is 1. The van der Waals surface area contributed by atoms with E-state index in [4.69, 9.17) is 5.73 Å². The topological polar surface area (TPSA) is 52.8 Å². The van der Waals surface area contributed by atoms with E-state index in [1.165, 1.54) is 24.8 Å². The lowest BCUT2D eigenvalue weighted by Gasteiger charge is -2.44. The second-order valence-electron chi connectivity index (χ2n) is 8.02. The highest BCUT2D eigenvalue weighted by molar-refractivity contribution is 5.95. The van der Waals surface area contributed by atoms with Gasteiger partial charge in [0, 0.05) is 36.8 Å². The van der Waals surface area contributed by atoms with E-state index in [0.717, 1.165) is 31.7 Å². The van der Waals surface area contributed by atoms with Gasteiger partial charge < -0.3 is 15.5 Å². The lowest BCUT2D eigenvalue weighted by molar-refractivity contribution is 0.177. The van der Waals surface area contributed by atoms with Crippen LogP contribution in [0.5, 0.6) is 0 Å². The van der Waals surface area contributed by atoms with Crippen LogP contribution < -0.4 is 10.6 Å². The van der Waals surface area contributed by atoms with Crippen molar-refractivity contribution in [1.82, 2.24) is 9.80 Å². The number of urea groups is 1. The smallest absolute Gasteiger partial charge is 0.324 e. The van der Waals surface area contributed by atoms with Gasteiger partial charge in [-0.2, -0.15) is 0 Å². The van der Waals surface area contributed by atoms with Crippen molar-refractivity contribution in [3.8, 4) is 0 Å². The Hall–Kier alpha value is -1.59. The number of carbonyl (C=O) groups is 1. The average Bonchev–Trinajstić information content (AvgIpc) is 3.04. The Balaban J connectivity index is 1.53. The number of anilines is 1. The van der Waals surface area contributed by atoms with E-state index < -0.39 is 0 Å². The predicted octanol–water partition coefficient (Wildman–Crippen LogP) is 2.01. The van der Waals surface area contributed by atoms with Crippen molar-refractivity contribution >= 4 is 11.7 Å². The van der Waals surface area contributed by atoms with Crippen molar-refractivity contribution < 1.29 is 4.79 Å². The summed E-state index contributed by atoms with van der Waals surface area (Å²) >= 11 is 0. The summed E-state index contributed by atoms with van der Waals surface area (Å²) in [5, 5.41) is 0. The van der Waals surface area contributed by atoms with Gasteiger partial charge in [0.05, 0.1) is 6.04 Å². The summed E-state index contributed by atoms with van der Waals surface area (Å²) in [4.78, 5) is 18.7. The second-order valence-corrected chi connectivity index (χ2v) is 8.02. The Labute approximate surface area is 144 Å². The monoisotopic (exact) mass is 328 g/mol. The van der Waals surface area contributed by atoms with E-state index in [9.17, 15) is 4.79 Å². The molecule has 2 amide bonds. The fourth-order valence-electron chi connectivity index (χ4n) is 4.73. The van der Waals surface area contributed by atoms with E-state index in [0.29, 0.717) is 5.41 Å². The standard InChI is InChI=1S/C19H28N4O/c1-21(2)13-19(9-3-10-19)14-4-6-15(7-5-14)23-12-17-16(20)8-11-22(17)18(23)24/h4-7,16-17H,3,8-13,20H2,1-2H3/t16-,17-/m1/s1. The molecule has 1 aromatic carbocycles. The molecule has 0 spiro atoms. The molecule has 130 valence electrons. The largest absolute Gasteiger partial charge is 0.326 e. The molecule has 1 aliphatic carbocycles. The molecule has 2 atom stereocenters. The molecule has 4 rings (SSSR count). The first kappa shape index (κ1) is 15.9. The molecule has 24 heavy (non-hydrogen) atoms. The van der Waals surface area contributed by atoms with Crippen LogP contribution in [-0.2, 0) is 5.41 Å². The number of nitrogens with zero attached hydrogens (tertiary/aromatic N) is 3. The number of nitrogens with two attached hydrogens (primary N) is 1. The Morgan fingerprint density at radius 3 is 2.50 bits per heavy atom. The van der Waals surface area contributed by atoms with Gasteiger partial charge in [-0.15, -0.1) is 0 Å². The number of carbonyl (C=O) groups excluding carboxylic acids is 1. The van der Waals surface area contributed by atoms with Gasteiger partial charge in [-0.3, -0.25) is 4.90 Å². The highest BCUT2D eigenvalue weighted by Gasteiger charge is 2.45. The minimum absolute atomic E-state index is 0.118. The molecule has 3 aliphatic rings. The molecule has 0 aromatic heterocycles. The van der Waals surface area contributed by atoms with Crippen LogP contribution >= 0.6 is 0 Å². The van der Waals surface area contributed by atoms with Gasteiger partial charge in [-0.1, -0.05) is 18.6 Å². The third-order valence-electron chi connectivity index (χ3n) is 6.17. The molecule has 0 unspecified atom stereocenters. The molecule has 0 radical (unpaired) electrons. The molecule has 1 saturated carbocycles. The van der Waals surface area contributed by atoms with Crippen LogP contribution in [0, 0.1) is 0 Å². The maximum absolute atomic E-state index is 12.6. The number of hydrogen-bond acceptors (Lipinski definition) is 3. The zero-order valence-corrected chi connectivity index (χ0v) is 14.7. The summed E-state index contributed by atoms with van der Waals surface area (Å²) < 4.78 is 0. The first-order valence-electron chi connectivity index (χ1n) is 9.09. The van der Waals surface area contributed by atoms with Crippen molar-refractivity contribution in [2.45, 2.75) is 43.2 Å². The van der Waals surface area contributed by atoms with Crippen molar-refractivity contribution in [2.75, 3.05) is 38.6 Å². The van der Waals surface area contributed by atoms with Gasteiger partial charge in [0.2, 0.25) is 0 Å². The molecular formula is C19H28N4O. The molecule has 2 aliphatic heterocycles. The molecule has 2 saturated heterocycles. The molecule has 0 bridgehead atoms. The number of likely N-dealkylation sites (N-methyl/N-ethyl adjacent to an activating group) is 1. The van der Waals surface area contributed by atoms with Gasteiger partial charge in [-0.25, -0.2) is 4.79 Å². The lowest BCUT2D eigenvalue weighted by Crippen LogP contribution is -2.43. The number of hydrogen-bond donors (Lipinski definition) is 1.